The SMILES string of the molecule is COC=O.C[C@]12CCC(=O)C=C1CC[C@@H]1C2CC[C@@]2(C)C1CC[C@@]21CCC(=O)O1. The molecule has 1 spiro atoms. The van der Waals surface area contributed by atoms with E-state index in [2.05, 4.69) is 18.6 Å². The Morgan fingerprint density at radius 2 is 1.72 bits per heavy atom. The maximum absolute atomic E-state index is 11.9. The fourth-order valence-corrected chi connectivity index (χ4v) is 7.85. The summed E-state index contributed by atoms with van der Waals surface area (Å²) < 4.78 is 9.87. The van der Waals surface area contributed by atoms with Gasteiger partial charge in [-0.15, -0.1) is 0 Å². The second-order valence-corrected chi connectivity index (χ2v) is 10.3. The van der Waals surface area contributed by atoms with E-state index in [1.165, 1.54) is 38.4 Å². The summed E-state index contributed by atoms with van der Waals surface area (Å²) in [5, 5.41) is 0. The predicted molar refractivity (Wildman–Crippen MR) is 108 cm³/mol. The van der Waals surface area contributed by atoms with Crippen LogP contribution in [0.15, 0.2) is 11.6 Å². The van der Waals surface area contributed by atoms with E-state index in [1.807, 2.05) is 6.08 Å². The minimum Gasteiger partial charge on any atom is -0.471 e. The van der Waals surface area contributed by atoms with Crippen molar-refractivity contribution in [3.05, 3.63) is 11.6 Å². The quantitative estimate of drug-likeness (QED) is 0.481. The number of allylic oxidation sites excluding steroid dienone is 1. The number of rotatable bonds is 1. The first kappa shape index (κ1) is 20.6. The molecule has 160 valence electrons. The van der Waals surface area contributed by atoms with Gasteiger partial charge >= 0.3 is 5.97 Å². The summed E-state index contributed by atoms with van der Waals surface area (Å²) in [5.41, 5.74) is 1.68. The normalized spacial score (nSPS) is 45.2. The summed E-state index contributed by atoms with van der Waals surface area (Å²) in [6.45, 7) is 5.24. The van der Waals surface area contributed by atoms with Crippen molar-refractivity contribution < 1.29 is 23.9 Å². The summed E-state index contributed by atoms with van der Waals surface area (Å²) in [4.78, 5) is 32.8. The molecule has 4 aliphatic carbocycles. The van der Waals surface area contributed by atoms with Crippen molar-refractivity contribution in [2.45, 2.75) is 83.7 Å². The first-order chi connectivity index (χ1) is 13.8. The second-order valence-electron chi connectivity index (χ2n) is 10.3. The third-order valence-corrected chi connectivity index (χ3v) is 9.39. The molecular formula is C24H34O5. The molecule has 0 aromatic carbocycles. The Labute approximate surface area is 173 Å². The molecule has 5 aliphatic rings. The lowest BCUT2D eigenvalue weighted by Crippen LogP contribution is -2.54. The van der Waals surface area contributed by atoms with Crippen molar-refractivity contribution in [3.8, 4) is 0 Å². The Bertz CT molecular complexity index is 742. The van der Waals surface area contributed by atoms with Gasteiger partial charge in [0.05, 0.1) is 7.11 Å². The molecule has 0 amide bonds. The summed E-state index contributed by atoms with van der Waals surface area (Å²) in [7, 11) is 1.31. The molecule has 5 heteroatoms. The number of fused-ring (bicyclic) bond motifs is 6. The molecule has 1 aliphatic heterocycles. The van der Waals surface area contributed by atoms with E-state index in [9.17, 15) is 9.59 Å². The minimum absolute atomic E-state index is 0.0237. The molecule has 0 N–H and O–H groups in total. The van der Waals surface area contributed by atoms with Gasteiger partial charge in [0.2, 0.25) is 0 Å². The molecule has 0 aromatic rings. The van der Waals surface area contributed by atoms with E-state index in [1.54, 1.807) is 0 Å². The molecule has 0 radical (unpaired) electrons. The Hall–Kier alpha value is -1.65. The molecule has 1 heterocycles. The van der Waals surface area contributed by atoms with Gasteiger partial charge in [0.25, 0.3) is 6.47 Å². The molecule has 6 atom stereocenters. The van der Waals surface area contributed by atoms with Crippen LogP contribution in [0, 0.1) is 28.6 Å². The fraction of sp³-hybridized carbons (Fsp3) is 0.792. The Kier molecular flexibility index (Phi) is 5.15. The Morgan fingerprint density at radius 3 is 2.38 bits per heavy atom. The summed E-state index contributed by atoms with van der Waals surface area (Å²) in [6, 6.07) is 0. The third-order valence-electron chi connectivity index (χ3n) is 9.39. The van der Waals surface area contributed by atoms with Crippen LogP contribution < -0.4 is 0 Å². The maximum atomic E-state index is 11.9. The van der Waals surface area contributed by atoms with Crippen LogP contribution in [0.25, 0.3) is 0 Å². The molecule has 29 heavy (non-hydrogen) atoms. The lowest BCUT2D eigenvalue weighted by Gasteiger charge is -2.59. The van der Waals surface area contributed by atoms with Gasteiger partial charge in [-0.05, 0) is 80.6 Å². The highest BCUT2D eigenvalue weighted by Gasteiger charge is 2.66. The average molecular weight is 403 g/mol. The second kappa shape index (κ2) is 7.24. The molecule has 2 unspecified atom stereocenters. The zero-order valence-corrected chi connectivity index (χ0v) is 18.0. The van der Waals surface area contributed by atoms with Crippen LogP contribution in [0.5, 0.6) is 0 Å². The van der Waals surface area contributed by atoms with Gasteiger partial charge in [0.15, 0.2) is 5.78 Å². The zero-order valence-electron chi connectivity index (χ0n) is 18.0. The Morgan fingerprint density at radius 1 is 1.00 bits per heavy atom. The summed E-state index contributed by atoms with van der Waals surface area (Å²) >= 11 is 0. The number of hydrogen-bond acceptors (Lipinski definition) is 5. The molecule has 5 nitrogen and oxygen atoms in total. The fourth-order valence-electron chi connectivity index (χ4n) is 7.85. The van der Waals surface area contributed by atoms with Gasteiger partial charge in [-0.25, -0.2) is 0 Å². The largest absolute Gasteiger partial charge is 0.471 e. The smallest absolute Gasteiger partial charge is 0.306 e. The first-order valence-corrected chi connectivity index (χ1v) is 11.2. The predicted octanol–water partition coefficient (Wildman–Crippen LogP) is 4.38. The summed E-state index contributed by atoms with van der Waals surface area (Å²) in [5.74, 6) is 2.51. The van der Waals surface area contributed by atoms with Crippen LogP contribution in [-0.4, -0.2) is 30.9 Å². The molecule has 3 saturated carbocycles. The highest BCUT2D eigenvalue weighted by molar-refractivity contribution is 5.91. The number of methoxy groups -OCH3 is 1. The zero-order chi connectivity index (χ0) is 20.9. The van der Waals surface area contributed by atoms with Gasteiger partial charge in [0, 0.05) is 18.3 Å². The van der Waals surface area contributed by atoms with Crippen LogP contribution in [0.4, 0.5) is 0 Å². The van der Waals surface area contributed by atoms with Crippen LogP contribution in [0.2, 0.25) is 0 Å². The van der Waals surface area contributed by atoms with Crippen LogP contribution in [0.1, 0.15) is 78.1 Å². The molecule has 0 aromatic heterocycles. The van der Waals surface area contributed by atoms with Gasteiger partial charge in [-0.2, -0.15) is 0 Å². The van der Waals surface area contributed by atoms with Gasteiger partial charge in [-0.1, -0.05) is 19.4 Å². The number of ketones is 1. The average Bonchev–Trinajstić information content (AvgIpc) is 3.23. The number of ether oxygens (including phenoxy) is 2. The standard InChI is InChI=1S/C22H30O3.C2H4O2/c1-20-9-5-15(23)13-14(20)3-4-16-17(20)6-10-21(2)18(16)7-11-22(21)12-8-19(24)25-22;1-4-2-3/h13,16-18H,3-12H2,1-2H3;2H,1H3/t16-,17?,18?,20+,21+,22-;/m1./s1. The molecule has 4 fully saturated rings. The molecular weight excluding hydrogens is 368 g/mol. The molecule has 0 bridgehead atoms. The lowest BCUT2D eigenvalue weighted by molar-refractivity contribution is -0.168. The van der Waals surface area contributed by atoms with Crippen LogP contribution in [0.3, 0.4) is 0 Å². The van der Waals surface area contributed by atoms with Crippen molar-refractivity contribution in [2.24, 2.45) is 28.6 Å². The summed E-state index contributed by atoms with van der Waals surface area (Å²) in [6.07, 6.45) is 12.3. The highest BCUT2D eigenvalue weighted by Crippen LogP contribution is 2.69. The number of carbonyl (C=O) groups is 3. The lowest BCUT2D eigenvalue weighted by atomic mass is 9.46. The van der Waals surface area contributed by atoms with E-state index in [4.69, 9.17) is 9.53 Å². The van der Waals surface area contributed by atoms with Gasteiger partial charge in [0.1, 0.15) is 5.60 Å². The Balaban J connectivity index is 0.000000472. The van der Waals surface area contributed by atoms with Gasteiger partial charge in [-0.3, -0.25) is 14.4 Å². The van der Waals surface area contributed by atoms with Crippen LogP contribution in [-0.2, 0) is 23.9 Å². The number of esters is 1. The first-order valence-electron chi connectivity index (χ1n) is 11.2. The van der Waals surface area contributed by atoms with Crippen molar-refractivity contribution in [1.82, 2.24) is 0 Å². The third kappa shape index (κ3) is 2.98. The molecule has 5 rings (SSSR count). The van der Waals surface area contributed by atoms with Crippen molar-refractivity contribution in [1.29, 1.82) is 0 Å². The van der Waals surface area contributed by atoms with E-state index in [0.29, 0.717) is 30.5 Å². The van der Waals surface area contributed by atoms with Crippen LogP contribution >= 0.6 is 0 Å². The van der Waals surface area contributed by atoms with E-state index in [0.717, 1.165) is 38.0 Å². The highest BCUT2D eigenvalue weighted by atomic mass is 16.6. The topological polar surface area (TPSA) is 69.7 Å². The minimum atomic E-state index is -0.167. The van der Waals surface area contributed by atoms with E-state index < -0.39 is 0 Å². The number of carbonyl (C=O) groups excluding carboxylic acids is 3. The molecule has 1 saturated heterocycles. The van der Waals surface area contributed by atoms with Crippen molar-refractivity contribution >= 4 is 18.2 Å². The van der Waals surface area contributed by atoms with Crippen molar-refractivity contribution in [3.63, 3.8) is 0 Å². The monoisotopic (exact) mass is 402 g/mol. The maximum Gasteiger partial charge on any atom is 0.306 e. The van der Waals surface area contributed by atoms with Crippen molar-refractivity contribution in [2.75, 3.05) is 7.11 Å². The van der Waals surface area contributed by atoms with Gasteiger partial charge < -0.3 is 9.47 Å². The van der Waals surface area contributed by atoms with E-state index >= 15 is 0 Å². The van der Waals surface area contributed by atoms with E-state index in [-0.39, 0.29) is 22.4 Å². The number of hydrogen-bond donors (Lipinski definition) is 0.